The third-order valence-corrected chi connectivity index (χ3v) is 3.69. The van der Waals surface area contributed by atoms with Crippen molar-refractivity contribution >= 4 is 17.7 Å². The van der Waals surface area contributed by atoms with Gasteiger partial charge in [-0.25, -0.2) is 0 Å². The number of aryl methyl sites for hydroxylation is 1. The number of hydrogen-bond donors (Lipinski definition) is 0. The van der Waals surface area contributed by atoms with Crippen molar-refractivity contribution in [2.75, 3.05) is 12.4 Å². The molecule has 0 aliphatic rings. The maximum Gasteiger partial charge on any atom is 0.316 e. The van der Waals surface area contributed by atoms with Gasteiger partial charge in [-0.05, 0) is 35.9 Å². The third kappa shape index (κ3) is 4.56. The molecule has 0 saturated carbocycles. The van der Waals surface area contributed by atoms with E-state index in [2.05, 4.69) is 22.4 Å². The van der Waals surface area contributed by atoms with Crippen molar-refractivity contribution in [3.05, 3.63) is 29.8 Å². The molecule has 0 atom stereocenters. The Bertz CT molecular complexity index is 583. The van der Waals surface area contributed by atoms with E-state index in [0.29, 0.717) is 11.8 Å². The molecule has 7 heteroatoms. The fraction of sp³-hybridized carbons (Fsp3) is 0.429. The van der Waals surface area contributed by atoms with Crippen molar-refractivity contribution in [3.8, 4) is 5.69 Å². The molecular formula is C14H18N4O2S. The van der Waals surface area contributed by atoms with Crippen LogP contribution in [0.3, 0.4) is 0 Å². The maximum absolute atomic E-state index is 11.6. The minimum Gasteiger partial charge on any atom is -0.465 e. The van der Waals surface area contributed by atoms with Crippen molar-refractivity contribution in [1.29, 1.82) is 0 Å². The summed E-state index contributed by atoms with van der Waals surface area (Å²) < 4.78 is 6.72. The van der Waals surface area contributed by atoms with E-state index < -0.39 is 0 Å². The molecule has 0 unspecified atom stereocenters. The Morgan fingerprint density at radius 3 is 2.81 bits per heavy atom. The summed E-state index contributed by atoms with van der Waals surface area (Å²) in [6.07, 6.45) is 1.89. The number of thioether (sulfide) groups is 1. The van der Waals surface area contributed by atoms with Crippen LogP contribution in [0.1, 0.15) is 25.3 Å². The van der Waals surface area contributed by atoms with Gasteiger partial charge < -0.3 is 4.74 Å². The van der Waals surface area contributed by atoms with Crippen LogP contribution >= 0.6 is 11.8 Å². The van der Waals surface area contributed by atoms with Gasteiger partial charge in [0.25, 0.3) is 0 Å². The summed E-state index contributed by atoms with van der Waals surface area (Å²) in [6, 6.07) is 7.86. The van der Waals surface area contributed by atoms with Crippen molar-refractivity contribution in [3.63, 3.8) is 0 Å². The molecule has 1 aromatic carbocycles. The Balaban J connectivity index is 1.94. The zero-order valence-corrected chi connectivity index (χ0v) is 13.0. The van der Waals surface area contributed by atoms with Crippen LogP contribution in [0.2, 0.25) is 0 Å². The molecule has 0 amide bonds. The molecule has 0 radical (unpaired) electrons. The number of esters is 1. The zero-order chi connectivity index (χ0) is 15.1. The predicted molar refractivity (Wildman–Crippen MR) is 80.5 cm³/mol. The highest BCUT2D eigenvalue weighted by atomic mass is 32.2. The van der Waals surface area contributed by atoms with Gasteiger partial charge in [-0.15, -0.1) is 5.10 Å². The van der Waals surface area contributed by atoms with Crippen LogP contribution in [0, 0.1) is 6.92 Å². The van der Waals surface area contributed by atoms with E-state index in [0.717, 1.165) is 18.5 Å². The van der Waals surface area contributed by atoms with E-state index >= 15 is 0 Å². The van der Waals surface area contributed by atoms with Crippen LogP contribution < -0.4 is 0 Å². The number of unbranched alkanes of at least 4 members (excludes halogenated alkanes) is 1. The fourth-order valence-electron chi connectivity index (χ4n) is 1.61. The second-order valence-corrected chi connectivity index (χ2v) is 5.51. The number of hydrogen-bond acceptors (Lipinski definition) is 6. The Morgan fingerprint density at radius 2 is 2.10 bits per heavy atom. The highest BCUT2D eigenvalue weighted by Gasteiger charge is 2.12. The van der Waals surface area contributed by atoms with E-state index in [9.17, 15) is 4.79 Å². The Hall–Kier alpha value is -1.89. The smallest absolute Gasteiger partial charge is 0.316 e. The molecule has 2 aromatic rings. The molecule has 2 rings (SSSR count). The maximum atomic E-state index is 11.6. The number of ether oxygens (including phenoxy) is 1. The SMILES string of the molecule is CCCCOC(=O)CSc1nnnn1-c1ccc(C)cc1. The molecule has 6 nitrogen and oxygen atoms in total. The number of carbonyl (C=O) groups is 1. The molecule has 112 valence electrons. The van der Waals surface area contributed by atoms with E-state index in [1.54, 1.807) is 4.68 Å². The Morgan fingerprint density at radius 1 is 1.33 bits per heavy atom. The number of rotatable bonds is 7. The topological polar surface area (TPSA) is 69.9 Å². The minimum absolute atomic E-state index is 0.204. The van der Waals surface area contributed by atoms with Crippen molar-refractivity contribution in [1.82, 2.24) is 20.2 Å². The lowest BCUT2D eigenvalue weighted by atomic mass is 10.2. The van der Waals surface area contributed by atoms with Gasteiger partial charge in [-0.1, -0.05) is 42.8 Å². The van der Waals surface area contributed by atoms with Gasteiger partial charge in [0.15, 0.2) is 0 Å². The second kappa shape index (κ2) is 7.78. The summed E-state index contributed by atoms with van der Waals surface area (Å²) in [7, 11) is 0. The average molecular weight is 306 g/mol. The summed E-state index contributed by atoms with van der Waals surface area (Å²) >= 11 is 1.27. The summed E-state index contributed by atoms with van der Waals surface area (Å²) in [5.41, 5.74) is 2.04. The van der Waals surface area contributed by atoms with E-state index in [4.69, 9.17) is 4.74 Å². The van der Waals surface area contributed by atoms with Gasteiger partial charge in [0, 0.05) is 0 Å². The molecule has 0 bridgehead atoms. The first-order valence-corrected chi connectivity index (χ1v) is 7.83. The van der Waals surface area contributed by atoms with E-state index in [1.165, 1.54) is 17.3 Å². The molecule has 1 aromatic heterocycles. The van der Waals surface area contributed by atoms with Crippen LogP contribution in [-0.2, 0) is 9.53 Å². The lowest BCUT2D eigenvalue weighted by Crippen LogP contribution is -2.09. The number of benzene rings is 1. The first-order valence-electron chi connectivity index (χ1n) is 6.84. The van der Waals surface area contributed by atoms with Gasteiger partial charge in [0.05, 0.1) is 18.0 Å². The molecule has 0 saturated heterocycles. The first-order chi connectivity index (χ1) is 10.2. The van der Waals surface area contributed by atoms with Gasteiger partial charge in [-0.3, -0.25) is 4.79 Å². The van der Waals surface area contributed by atoms with Gasteiger partial charge >= 0.3 is 5.97 Å². The fourth-order valence-corrected chi connectivity index (χ4v) is 2.30. The van der Waals surface area contributed by atoms with Crippen LogP contribution in [0.4, 0.5) is 0 Å². The van der Waals surface area contributed by atoms with Crippen LogP contribution in [0.5, 0.6) is 0 Å². The minimum atomic E-state index is -0.244. The molecule has 0 aliphatic heterocycles. The van der Waals surface area contributed by atoms with Crippen molar-refractivity contribution in [2.45, 2.75) is 31.8 Å². The van der Waals surface area contributed by atoms with Crippen molar-refractivity contribution < 1.29 is 9.53 Å². The number of nitrogens with zero attached hydrogens (tertiary/aromatic N) is 4. The molecule has 1 heterocycles. The average Bonchev–Trinajstić information content (AvgIpc) is 2.95. The van der Waals surface area contributed by atoms with Gasteiger partial charge in [-0.2, -0.15) is 4.68 Å². The number of aromatic nitrogens is 4. The summed E-state index contributed by atoms with van der Waals surface area (Å²) in [5, 5.41) is 12.1. The van der Waals surface area contributed by atoms with E-state index in [1.807, 2.05) is 31.2 Å². The highest BCUT2D eigenvalue weighted by molar-refractivity contribution is 7.99. The largest absolute Gasteiger partial charge is 0.465 e. The van der Waals surface area contributed by atoms with Crippen LogP contribution in [0.25, 0.3) is 5.69 Å². The normalized spacial score (nSPS) is 10.6. The third-order valence-electron chi connectivity index (χ3n) is 2.80. The molecule has 0 aliphatic carbocycles. The van der Waals surface area contributed by atoms with E-state index in [-0.39, 0.29) is 11.7 Å². The van der Waals surface area contributed by atoms with Crippen LogP contribution in [0.15, 0.2) is 29.4 Å². The number of tetrazole rings is 1. The summed E-state index contributed by atoms with van der Waals surface area (Å²) in [5.74, 6) is -0.0393. The van der Waals surface area contributed by atoms with Crippen molar-refractivity contribution in [2.24, 2.45) is 0 Å². The first kappa shape index (κ1) is 15.5. The monoisotopic (exact) mass is 306 g/mol. The summed E-state index contributed by atoms with van der Waals surface area (Å²) in [4.78, 5) is 11.6. The lowest BCUT2D eigenvalue weighted by Gasteiger charge is -2.05. The molecule has 21 heavy (non-hydrogen) atoms. The molecular weight excluding hydrogens is 288 g/mol. The molecule has 0 fully saturated rings. The highest BCUT2D eigenvalue weighted by Crippen LogP contribution is 2.18. The van der Waals surface area contributed by atoms with Crippen LogP contribution in [-0.4, -0.2) is 38.5 Å². The van der Waals surface area contributed by atoms with Gasteiger partial charge in [0.2, 0.25) is 5.16 Å². The number of carbonyl (C=O) groups excluding carboxylic acids is 1. The standard InChI is InChI=1S/C14H18N4O2S/c1-3-4-9-20-13(19)10-21-14-15-16-17-18(14)12-7-5-11(2)6-8-12/h5-8H,3-4,9-10H2,1-2H3. The Kier molecular flexibility index (Phi) is 5.74. The Labute approximate surface area is 127 Å². The second-order valence-electron chi connectivity index (χ2n) is 4.57. The molecule has 0 N–H and O–H groups in total. The zero-order valence-electron chi connectivity index (χ0n) is 12.2. The summed E-state index contributed by atoms with van der Waals surface area (Å²) in [6.45, 7) is 4.54. The van der Waals surface area contributed by atoms with Gasteiger partial charge in [0.1, 0.15) is 0 Å². The predicted octanol–water partition coefficient (Wildman–Crippen LogP) is 2.41. The quantitative estimate of drug-likeness (QED) is 0.444. The lowest BCUT2D eigenvalue weighted by molar-refractivity contribution is -0.140. The molecule has 0 spiro atoms.